The molecule has 0 spiro atoms. The molecule has 314 valence electrons. The lowest BCUT2D eigenvalue weighted by Crippen LogP contribution is -2.24. The molecule has 2 aromatic heterocycles. The fourth-order valence-corrected chi connectivity index (χ4v) is 9.54. The van der Waals surface area contributed by atoms with Crippen molar-refractivity contribution in [2.75, 3.05) is 16.5 Å². The van der Waals surface area contributed by atoms with Gasteiger partial charge in [0, 0.05) is 55.6 Å². The van der Waals surface area contributed by atoms with Gasteiger partial charge in [-0.25, -0.2) is 4.98 Å². The topological polar surface area (TPSA) is 42.8 Å². The van der Waals surface area contributed by atoms with Crippen molar-refractivity contribution in [2.24, 2.45) is 0 Å². The van der Waals surface area contributed by atoms with Crippen molar-refractivity contribution in [2.45, 2.75) is 33.0 Å². The molecule has 6 nitrogen and oxygen atoms in total. The van der Waals surface area contributed by atoms with Crippen molar-refractivity contribution in [1.29, 1.82) is 0 Å². The zero-order chi connectivity index (χ0) is 46.3. The molecule has 0 fully saturated rings. The van der Waals surface area contributed by atoms with Crippen molar-refractivity contribution < 1.29 is 13.6 Å². The van der Waals surface area contributed by atoms with E-state index < -0.39 is 6.85 Å². The highest BCUT2D eigenvalue weighted by molar-refractivity contribution is 6.10. The number of nitrogens with zero attached hydrogens (tertiary/aromatic N) is 4. The SMILES string of the molecule is [2H]C([2H])([2H])c1cc2ncc1-c1cccc(c1)Oc1ccc(cc1)-c1cccc(-c3ccccc3)c1N1CN(c3cccc(c3)Oc3ccc4c5cc(C(C)(C)C)ccc5n-2c4c3)c2ccccc21. The standard InChI is InChI=1S/C59H46N4O2/c1-38-31-57-60-36-52(38)41-15-10-17-45(32-41)64-44-26-23-40(24-27-44)49-20-12-19-48(39-13-6-5-7-14-39)58(49)62-37-61(54-21-8-9-22-55(54)62)43-16-11-18-46(34-43)65-47-28-29-50-51-33-42(59(2,3)4)25-30-53(51)63(57)56(50)35-47/h5-36H,37H2,1-4H3/i1D3. The number of hydrogen-bond acceptors (Lipinski definition) is 5. The number of rotatable bonds is 1. The summed E-state index contributed by atoms with van der Waals surface area (Å²) in [7, 11) is 0. The normalized spacial score (nSPS) is 13.9. The predicted octanol–water partition coefficient (Wildman–Crippen LogP) is 15.9. The van der Waals surface area contributed by atoms with Gasteiger partial charge in [0.25, 0.3) is 0 Å². The van der Waals surface area contributed by atoms with Crippen LogP contribution in [-0.4, -0.2) is 16.2 Å². The number of pyridine rings is 1. The largest absolute Gasteiger partial charge is 0.457 e. The van der Waals surface area contributed by atoms with Crippen LogP contribution in [0.15, 0.2) is 194 Å². The van der Waals surface area contributed by atoms with Gasteiger partial charge in [-0.2, -0.15) is 0 Å². The van der Waals surface area contributed by atoms with Crippen molar-refractivity contribution in [3.63, 3.8) is 0 Å². The number of benzene rings is 8. The van der Waals surface area contributed by atoms with Crippen LogP contribution >= 0.6 is 0 Å². The van der Waals surface area contributed by atoms with E-state index >= 15 is 0 Å². The number of para-hydroxylation sites is 3. The Morgan fingerprint density at radius 3 is 1.95 bits per heavy atom. The number of anilines is 4. The summed E-state index contributed by atoms with van der Waals surface area (Å²) in [5.41, 5.74) is 12.9. The first-order valence-electron chi connectivity index (χ1n) is 23.5. The second kappa shape index (κ2) is 15.0. The average molecular weight is 846 g/mol. The van der Waals surface area contributed by atoms with Crippen LogP contribution < -0.4 is 19.3 Å². The van der Waals surface area contributed by atoms with E-state index in [1.54, 1.807) is 12.3 Å². The van der Waals surface area contributed by atoms with Crippen molar-refractivity contribution in [1.82, 2.24) is 9.55 Å². The minimum Gasteiger partial charge on any atom is -0.457 e. The van der Waals surface area contributed by atoms with E-state index in [0.29, 0.717) is 46.6 Å². The molecule has 8 aromatic carbocycles. The van der Waals surface area contributed by atoms with Gasteiger partial charge in [0.05, 0.1) is 28.1 Å². The summed E-state index contributed by atoms with van der Waals surface area (Å²) >= 11 is 0. The van der Waals surface area contributed by atoms with Crippen LogP contribution in [0.1, 0.15) is 36.0 Å². The lowest BCUT2D eigenvalue weighted by molar-refractivity contribution is 0.483. The summed E-state index contributed by atoms with van der Waals surface area (Å²) in [5.74, 6) is 3.05. The van der Waals surface area contributed by atoms with Gasteiger partial charge in [-0.05, 0) is 119 Å². The summed E-state index contributed by atoms with van der Waals surface area (Å²) < 4.78 is 41.8. The maximum absolute atomic E-state index is 8.82. The Morgan fingerprint density at radius 1 is 0.508 bits per heavy atom. The molecule has 5 aliphatic heterocycles. The molecule has 0 N–H and O–H groups in total. The maximum atomic E-state index is 8.82. The Labute approximate surface area is 383 Å². The summed E-state index contributed by atoms with van der Waals surface area (Å²) in [6.07, 6.45) is 1.68. The molecule has 0 aliphatic carbocycles. The zero-order valence-corrected chi connectivity index (χ0v) is 36.3. The highest BCUT2D eigenvalue weighted by Crippen LogP contribution is 2.51. The van der Waals surface area contributed by atoms with Crippen LogP contribution in [0.5, 0.6) is 23.0 Å². The van der Waals surface area contributed by atoms with Gasteiger partial charge in [0.1, 0.15) is 35.5 Å². The van der Waals surface area contributed by atoms with E-state index in [2.05, 4.69) is 156 Å². The number of aromatic nitrogens is 2. The van der Waals surface area contributed by atoms with Crippen LogP contribution in [0.2, 0.25) is 0 Å². The van der Waals surface area contributed by atoms with Crippen molar-refractivity contribution in [3.05, 3.63) is 205 Å². The lowest BCUT2D eigenvalue weighted by Gasteiger charge is -2.27. The Bertz CT molecular complexity index is 3590. The molecule has 0 amide bonds. The third-order valence-corrected chi connectivity index (χ3v) is 12.8. The molecule has 6 heteroatoms. The van der Waals surface area contributed by atoms with Gasteiger partial charge in [0.2, 0.25) is 0 Å². The number of aryl methyl sites for hydroxylation is 1. The second-order valence-electron chi connectivity index (χ2n) is 17.9. The zero-order valence-electron chi connectivity index (χ0n) is 39.3. The van der Waals surface area contributed by atoms with Gasteiger partial charge < -0.3 is 19.3 Å². The molecule has 0 atom stereocenters. The summed E-state index contributed by atoms with van der Waals surface area (Å²) in [6.45, 7) is 4.73. The van der Waals surface area contributed by atoms with Crippen LogP contribution in [-0.2, 0) is 5.41 Å². The minimum absolute atomic E-state index is 0.0931. The smallest absolute Gasteiger partial charge is 0.137 e. The monoisotopic (exact) mass is 845 g/mol. The van der Waals surface area contributed by atoms with Crippen LogP contribution in [0, 0.1) is 6.85 Å². The summed E-state index contributed by atoms with van der Waals surface area (Å²) in [4.78, 5) is 9.79. The van der Waals surface area contributed by atoms with Crippen LogP contribution in [0.4, 0.5) is 22.7 Å². The fourth-order valence-electron chi connectivity index (χ4n) is 9.54. The number of ether oxygens (including phenoxy) is 2. The van der Waals surface area contributed by atoms with E-state index in [0.717, 1.165) is 66.8 Å². The highest BCUT2D eigenvalue weighted by Gasteiger charge is 2.31. The van der Waals surface area contributed by atoms with E-state index in [9.17, 15) is 0 Å². The first-order chi connectivity index (χ1) is 32.9. The Hall–Kier alpha value is -8.09. The van der Waals surface area contributed by atoms with E-state index in [4.69, 9.17) is 18.6 Å². The predicted molar refractivity (Wildman–Crippen MR) is 267 cm³/mol. The summed E-state index contributed by atoms with van der Waals surface area (Å²) in [5, 5.41) is 2.05. The molecule has 0 saturated carbocycles. The molecule has 65 heavy (non-hydrogen) atoms. The van der Waals surface area contributed by atoms with E-state index in [1.165, 1.54) is 5.56 Å². The molecule has 5 aliphatic rings. The van der Waals surface area contributed by atoms with Crippen LogP contribution in [0.3, 0.4) is 0 Å². The highest BCUT2D eigenvalue weighted by atomic mass is 16.5. The van der Waals surface area contributed by atoms with Crippen LogP contribution in [0.25, 0.3) is 61.0 Å². The van der Waals surface area contributed by atoms with Gasteiger partial charge in [-0.3, -0.25) is 4.57 Å². The Morgan fingerprint density at radius 2 is 1.17 bits per heavy atom. The van der Waals surface area contributed by atoms with Crippen molar-refractivity contribution in [3.8, 4) is 62.2 Å². The average Bonchev–Trinajstić information content (AvgIpc) is 3.89. The lowest BCUT2D eigenvalue weighted by atomic mass is 9.86. The molecule has 0 radical (unpaired) electrons. The fraction of sp³-hybridized carbons (Fsp3) is 0.102. The van der Waals surface area contributed by atoms with Crippen molar-refractivity contribution >= 4 is 44.6 Å². The van der Waals surface area contributed by atoms with Gasteiger partial charge in [-0.15, -0.1) is 0 Å². The van der Waals surface area contributed by atoms with Gasteiger partial charge >= 0.3 is 0 Å². The summed E-state index contributed by atoms with van der Waals surface area (Å²) in [6, 6.07) is 64.0. The Balaban J connectivity index is 1.08. The molecular formula is C59H46N4O2. The maximum Gasteiger partial charge on any atom is 0.137 e. The van der Waals surface area contributed by atoms with E-state index in [-0.39, 0.29) is 11.0 Å². The van der Waals surface area contributed by atoms with Gasteiger partial charge in [-0.1, -0.05) is 118 Å². The quantitative estimate of drug-likeness (QED) is 0.165. The minimum atomic E-state index is -2.45. The first-order valence-corrected chi connectivity index (χ1v) is 22.0. The Kier molecular flexibility index (Phi) is 8.18. The molecule has 0 saturated heterocycles. The molecule has 7 heterocycles. The number of fused-ring (bicyclic) bond motifs is 3. The number of hydrogen-bond donors (Lipinski definition) is 0. The van der Waals surface area contributed by atoms with E-state index in [1.807, 2.05) is 60.7 Å². The molecule has 0 unspecified atom stereocenters. The molecule has 10 aromatic rings. The third-order valence-electron chi connectivity index (χ3n) is 12.8. The second-order valence-corrected chi connectivity index (χ2v) is 17.9. The third kappa shape index (κ3) is 6.68. The molecule has 15 rings (SSSR count). The first kappa shape index (κ1) is 35.4. The van der Waals surface area contributed by atoms with Gasteiger partial charge in [0.15, 0.2) is 0 Å². The molecular weight excluding hydrogens is 797 g/mol. The molecule has 12 bridgehead atoms.